The van der Waals surface area contributed by atoms with Crippen molar-refractivity contribution in [3.05, 3.63) is 35.6 Å². The van der Waals surface area contributed by atoms with Crippen molar-refractivity contribution in [2.75, 3.05) is 0 Å². The Hall–Kier alpha value is -0.960. The first kappa shape index (κ1) is 11.1. The molecule has 0 bridgehead atoms. The summed E-state index contributed by atoms with van der Waals surface area (Å²) in [4.78, 5) is 0.734. The second-order valence-corrected chi connectivity index (χ2v) is 4.74. The standard InChI is InChI=1S/C11H13FOS/c1-11(2,3)10(14-13)8-4-6-9(12)7-5-8/h4-7H,1-3H3. The lowest BCUT2D eigenvalue weighted by molar-refractivity contribution is 0.599. The Morgan fingerprint density at radius 3 is 2.07 bits per heavy atom. The van der Waals surface area contributed by atoms with Gasteiger partial charge in [0.25, 0.3) is 0 Å². The van der Waals surface area contributed by atoms with Gasteiger partial charge in [-0.05, 0) is 23.1 Å². The van der Waals surface area contributed by atoms with E-state index < -0.39 is 0 Å². The zero-order valence-electron chi connectivity index (χ0n) is 8.50. The minimum atomic E-state index is -0.280. The van der Waals surface area contributed by atoms with Crippen molar-refractivity contribution in [1.29, 1.82) is 0 Å². The fourth-order valence-corrected chi connectivity index (χ4v) is 1.69. The highest BCUT2D eigenvalue weighted by Crippen LogP contribution is 2.20. The van der Waals surface area contributed by atoms with E-state index in [1.165, 1.54) is 12.1 Å². The van der Waals surface area contributed by atoms with Crippen LogP contribution in [0.1, 0.15) is 26.3 Å². The Morgan fingerprint density at radius 1 is 1.21 bits per heavy atom. The lowest BCUT2D eigenvalue weighted by Gasteiger charge is -2.19. The molecule has 14 heavy (non-hydrogen) atoms. The third kappa shape index (κ3) is 2.51. The number of hydrogen-bond acceptors (Lipinski definition) is 1. The lowest BCUT2D eigenvalue weighted by Crippen LogP contribution is -2.21. The Bertz CT molecular complexity index is 369. The van der Waals surface area contributed by atoms with Gasteiger partial charge in [-0.2, -0.15) is 0 Å². The molecule has 0 spiro atoms. The van der Waals surface area contributed by atoms with Gasteiger partial charge in [-0.25, -0.2) is 8.60 Å². The van der Waals surface area contributed by atoms with Crippen molar-refractivity contribution in [2.45, 2.75) is 20.8 Å². The predicted molar refractivity (Wildman–Crippen MR) is 58.1 cm³/mol. The van der Waals surface area contributed by atoms with E-state index in [1.807, 2.05) is 20.8 Å². The number of rotatable bonds is 1. The van der Waals surface area contributed by atoms with Gasteiger partial charge in [-0.3, -0.25) is 0 Å². The molecular formula is C11H13FOS. The molecule has 0 aromatic heterocycles. The van der Waals surface area contributed by atoms with Crippen LogP contribution in [0, 0.1) is 11.2 Å². The number of halogens is 1. The Kier molecular flexibility index (Phi) is 3.21. The minimum Gasteiger partial charge on any atom is -0.212 e. The summed E-state index contributed by atoms with van der Waals surface area (Å²) in [5.74, 6) is -0.280. The molecule has 0 saturated heterocycles. The number of hydrogen-bond donors (Lipinski definition) is 0. The second kappa shape index (κ2) is 4.05. The van der Waals surface area contributed by atoms with E-state index >= 15 is 0 Å². The summed E-state index contributed by atoms with van der Waals surface area (Å²) in [5, 5.41) is 0. The highest BCUT2D eigenvalue weighted by molar-refractivity contribution is 7.67. The molecule has 0 heterocycles. The quantitative estimate of drug-likeness (QED) is 0.516. The van der Waals surface area contributed by atoms with Crippen LogP contribution in [0.3, 0.4) is 0 Å². The molecule has 0 aliphatic heterocycles. The summed E-state index contributed by atoms with van der Waals surface area (Å²) in [5.41, 5.74) is 0.614. The molecule has 0 aliphatic carbocycles. The summed E-state index contributed by atoms with van der Waals surface area (Å²) in [6, 6.07) is 6.02. The summed E-state index contributed by atoms with van der Waals surface area (Å²) < 4.78 is 23.6. The van der Waals surface area contributed by atoms with E-state index in [1.54, 1.807) is 12.1 Å². The fourth-order valence-electron chi connectivity index (χ4n) is 1.21. The molecular weight excluding hydrogens is 199 g/mol. The van der Waals surface area contributed by atoms with Crippen LogP contribution >= 0.6 is 0 Å². The van der Waals surface area contributed by atoms with Gasteiger partial charge in [0.15, 0.2) is 0 Å². The first-order valence-corrected chi connectivity index (χ1v) is 5.12. The maximum Gasteiger partial charge on any atom is 0.123 e. The first-order chi connectivity index (χ1) is 6.45. The van der Waals surface area contributed by atoms with E-state index in [2.05, 4.69) is 0 Å². The average Bonchev–Trinajstić information content (AvgIpc) is 2.07. The van der Waals surface area contributed by atoms with Gasteiger partial charge in [0.1, 0.15) is 5.82 Å². The second-order valence-electron chi connectivity index (χ2n) is 4.17. The van der Waals surface area contributed by atoms with Gasteiger partial charge in [-0.1, -0.05) is 32.9 Å². The van der Waals surface area contributed by atoms with Crippen LogP contribution in [-0.2, 0) is 11.3 Å². The van der Waals surface area contributed by atoms with Crippen molar-refractivity contribution in [2.24, 2.45) is 5.41 Å². The SMILES string of the molecule is CC(C)(C)C(=S=O)c1ccc(F)cc1. The molecule has 1 aromatic rings. The van der Waals surface area contributed by atoms with Crippen LogP contribution in [0.15, 0.2) is 24.3 Å². The zero-order chi connectivity index (χ0) is 10.8. The van der Waals surface area contributed by atoms with Gasteiger partial charge in [0.2, 0.25) is 0 Å². The molecule has 0 fully saturated rings. The lowest BCUT2D eigenvalue weighted by atomic mass is 9.88. The van der Waals surface area contributed by atoms with Crippen LogP contribution in [-0.4, -0.2) is 9.07 Å². The first-order valence-electron chi connectivity index (χ1n) is 4.38. The zero-order valence-corrected chi connectivity index (χ0v) is 9.32. The van der Waals surface area contributed by atoms with Crippen LogP contribution in [0.2, 0.25) is 0 Å². The summed E-state index contributed by atoms with van der Waals surface area (Å²) in [6.07, 6.45) is 0. The molecule has 76 valence electrons. The maximum atomic E-state index is 12.7. The van der Waals surface area contributed by atoms with Crippen molar-refractivity contribution in [3.8, 4) is 0 Å². The average molecular weight is 212 g/mol. The van der Waals surface area contributed by atoms with Crippen LogP contribution in [0.25, 0.3) is 0 Å². The molecule has 0 aliphatic rings. The van der Waals surface area contributed by atoms with Gasteiger partial charge >= 0.3 is 0 Å². The van der Waals surface area contributed by atoms with E-state index in [9.17, 15) is 8.60 Å². The minimum absolute atomic E-state index is 0.190. The van der Waals surface area contributed by atoms with Crippen LogP contribution in [0.5, 0.6) is 0 Å². The summed E-state index contributed by atoms with van der Waals surface area (Å²) in [7, 11) is 0. The molecule has 0 amide bonds. The van der Waals surface area contributed by atoms with E-state index in [0.717, 1.165) is 10.4 Å². The molecule has 1 nitrogen and oxygen atoms in total. The monoisotopic (exact) mass is 212 g/mol. The summed E-state index contributed by atoms with van der Waals surface area (Å²) in [6.45, 7) is 5.91. The largest absolute Gasteiger partial charge is 0.212 e. The van der Waals surface area contributed by atoms with E-state index in [4.69, 9.17) is 0 Å². The Balaban J connectivity index is 3.16. The number of benzene rings is 1. The fraction of sp³-hybridized carbons (Fsp3) is 0.364. The topological polar surface area (TPSA) is 17.1 Å². The van der Waals surface area contributed by atoms with E-state index in [-0.39, 0.29) is 11.2 Å². The normalized spacial score (nSPS) is 11.1. The van der Waals surface area contributed by atoms with Gasteiger partial charge in [-0.15, -0.1) is 0 Å². The van der Waals surface area contributed by atoms with E-state index in [0.29, 0.717) is 11.3 Å². The molecule has 1 aromatic carbocycles. The highest BCUT2D eigenvalue weighted by Gasteiger charge is 2.20. The maximum absolute atomic E-state index is 12.7. The summed E-state index contributed by atoms with van der Waals surface area (Å²) >= 11 is 0.480. The predicted octanol–water partition coefficient (Wildman–Crippen LogP) is 2.61. The Morgan fingerprint density at radius 2 is 1.71 bits per heavy atom. The molecule has 0 N–H and O–H groups in total. The molecule has 0 saturated carbocycles. The van der Waals surface area contributed by atoms with Crippen molar-refractivity contribution < 1.29 is 8.60 Å². The molecule has 3 heteroatoms. The van der Waals surface area contributed by atoms with Crippen molar-refractivity contribution in [1.82, 2.24) is 0 Å². The van der Waals surface area contributed by atoms with Gasteiger partial charge in [0.05, 0.1) is 16.1 Å². The highest BCUT2D eigenvalue weighted by atomic mass is 32.1. The molecule has 1 rings (SSSR count). The third-order valence-electron chi connectivity index (χ3n) is 1.87. The Labute approximate surface area is 87.0 Å². The molecule has 0 radical (unpaired) electrons. The van der Waals surface area contributed by atoms with Crippen LogP contribution < -0.4 is 0 Å². The van der Waals surface area contributed by atoms with Gasteiger partial charge in [0, 0.05) is 0 Å². The molecule has 0 atom stereocenters. The third-order valence-corrected chi connectivity index (χ3v) is 2.89. The van der Waals surface area contributed by atoms with Crippen LogP contribution in [0.4, 0.5) is 4.39 Å². The van der Waals surface area contributed by atoms with Crippen molar-refractivity contribution >= 4 is 16.1 Å². The smallest absolute Gasteiger partial charge is 0.123 e. The van der Waals surface area contributed by atoms with Crippen molar-refractivity contribution in [3.63, 3.8) is 0 Å². The van der Waals surface area contributed by atoms with Gasteiger partial charge < -0.3 is 0 Å². The molecule has 0 unspecified atom stereocenters.